The number of fused-ring (bicyclic) bond motifs is 2. The van der Waals surface area contributed by atoms with Crippen LogP contribution in [-0.4, -0.2) is 24.2 Å². The van der Waals surface area contributed by atoms with E-state index in [-0.39, 0.29) is 12.1 Å². The molecule has 0 spiro atoms. The molecule has 5 nitrogen and oxygen atoms in total. The molecule has 3 unspecified atom stereocenters. The average Bonchev–Trinajstić information content (AvgIpc) is 2.64. The quantitative estimate of drug-likeness (QED) is 0.206. The first-order chi connectivity index (χ1) is 5.79. The van der Waals surface area contributed by atoms with E-state index in [1.165, 1.54) is 6.42 Å². The molecule has 5 N–H and O–H groups in total. The fourth-order valence-corrected chi connectivity index (χ4v) is 1.96. The lowest BCUT2D eigenvalue weighted by molar-refractivity contribution is 0.101. The molecule has 2 aliphatic rings. The van der Waals surface area contributed by atoms with E-state index in [2.05, 4.69) is 10.4 Å². The molecule has 68 valence electrons. The summed E-state index contributed by atoms with van der Waals surface area (Å²) in [5, 5.41) is 0. The molecule has 2 aliphatic heterocycles. The highest BCUT2D eigenvalue weighted by atomic mass is 16.5. The Balaban J connectivity index is 1.98. The maximum absolute atomic E-state index is 5.60. The van der Waals surface area contributed by atoms with E-state index in [4.69, 9.17) is 16.3 Å². The van der Waals surface area contributed by atoms with Gasteiger partial charge in [-0.1, -0.05) is 0 Å². The topological polar surface area (TPSA) is 85.7 Å². The van der Waals surface area contributed by atoms with Gasteiger partial charge in [0.1, 0.15) is 0 Å². The fourth-order valence-electron chi connectivity index (χ4n) is 1.96. The molecule has 0 aliphatic carbocycles. The van der Waals surface area contributed by atoms with Crippen LogP contribution in [0.2, 0.25) is 0 Å². The molecule has 3 atom stereocenters. The Morgan fingerprint density at radius 1 is 1.50 bits per heavy atom. The number of aliphatic imine (C=N–C) groups is 1. The summed E-state index contributed by atoms with van der Waals surface area (Å²) in [6.07, 6.45) is 3.97. The molecule has 0 aromatic rings. The molecular weight excluding hydrogens is 156 g/mol. The van der Waals surface area contributed by atoms with Crippen molar-refractivity contribution in [3.63, 3.8) is 0 Å². The molecule has 0 amide bonds. The molecule has 0 saturated carbocycles. The van der Waals surface area contributed by atoms with Crippen molar-refractivity contribution in [2.24, 2.45) is 16.6 Å². The highest BCUT2D eigenvalue weighted by Gasteiger charge is 2.40. The van der Waals surface area contributed by atoms with Crippen LogP contribution in [0.5, 0.6) is 0 Å². The molecule has 2 fully saturated rings. The Labute approximate surface area is 71.1 Å². The summed E-state index contributed by atoms with van der Waals surface area (Å²) in [6.45, 7) is 0. The van der Waals surface area contributed by atoms with Gasteiger partial charge in [0.25, 0.3) is 0 Å². The van der Waals surface area contributed by atoms with Crippen molar-refractivity contribution >= 4 is 5.96 Å². The number of hydrogen-bond acceptors (Lipinski definition) is 3. The predicted molar refractivity (Wildman–Crippen MR) is 45.2 cm³/mol. The first-order valence-corrected chi connectivity index (χ1v) is 4.25. The zero-order valence-electron chi connectivity index (χ0n) is 6.86. The minimum Gasteiger partial charge on any atom is -0.373 e. The Hall–Kier alpha value is -0.810. The van der Waals surface area contributed by atoms with Gasteiger partial charge in [0.2, 0.25) is 5.96 Å². The molecule has 0 aromatic carbocycles. The number of ether oxygens (including phenoxy) is 1. The number of guanidine groups is 1. The summed E-state index contributed by atoms with van der Waals surface area (Å²) in [5.41, 5.74) is 7.77. The van der Waals surface area contributed by atoms with Crippen molar-refractivity contribution in [1.29, 1.82) is 0 Å². The van der Waals surface area contributed by atoms with E-state index in [1.54, 1.807) is 0 Å². The fraction of sp³-hybridized carbons (Fsp3) is 0.857. The van der Waals surface area contributed by atoms with Crippen molar-refractivity contribution in [2.45, 2.75) is 37.5 Å². The van der Waals surface area contributed by atoms with Gasteiger partial charge in [0, 0.05) is 0 Å². The van der Waals surface area contributed by atoms with Crippen LogP contribution in [0.25, 0.3) is 0 Å². The summed E-state index contributed by atoms with van der Waals surface area (Å²) in [7, 11) is 0. The monoisotopic (exact) mass is 170 g/mol. The zero-order valence-corrected chi connectivity index (χ0v) is 6.86. The SMILES string of the molecule is NNC(N)=NC1CC2CCC1O2. The van der Waals surface area contributed by atoms with Gasteiger partial charge >= 0.3 is 0 Å². The Bertz CT molecular complexity index is 206. The molecule has 5 heteroatoms. The van der Waals surface area contributed by atoms with Crippen molar-refractivity contribution in [3.8, 4) is 0 Å². The maximum Gasteiger partial charge on any atom is 0.203 e. The summed E-state index contributed by atoms with van der Waals surface area (Å²) < 4.78 is 5.60. The summed E-state index contributed by atoms with van der Waals surface area (Å²) >= 11 is 0. The molecule has 2 saturated heterocycles. The van der Waals surface area contributed by atoms with Crippen LogP contribution < -0.4 is 17.0 Å². The summed E-state index contributed by atoms with van der Waals surface area (Å²) in [4.78, 5) is 4.21. The van der Waals surface area contributed by atoms with Crippen molar-refractivity contribution in [2.75, 3.05) is 0 Å². The van der Waals surface area contributed by atoms with E-state index in [9.17, 15) is 0 Å². The number of nitrogens with two attached hydrogens (primary N) is 2. The maximum atomic E-state index is 5.60. The number of nitrogens with zero attached hydrogens (tertiary/aromatic N) is 1. The van der Waals surface area contributed by atoms with Crippen LogP contribution in [0.1, 0.15) is 19.3 Å². The smallest absolute Gasteiger partial charge is 0.203 e. The average molecular weight is 170 g/mol. The second-order valence-electron chi connectivity index (χ2n) is 3.34. The first-order valence-electron chi connectivity index (χ1n) is 4.25. The first kappa shape index (κ1) is 7.82. The lowest BCUT2D eigenvalue weighted by Crippen LogP contribution is -2.39. The number of hydrazine groups is 1. The van der Waals surface area contributed by atoms with E-state index >= 15 is 0 Å². The Kier molecular flexibility index (Phi) is 1.90. The molecular formula is C7H14N4O. The molecule has 2 bridgehead atoms. The van der Waals surface area contributed by atoms with Crippen molar-refractivity contribution < 1.29 is 4.74 Å². The third-order valence-corrected chi connectivity index (χ3v) is 2.53. The number of hydrogen-bond donors (Lipinski definition) is 3. The van der Waals surface area contributed by atoms with Crippen LogP contribution in [0.3, 0.4) is 0 Å². The van der Waals surface area contributed by atoms with Crippen molar-refractivity contribution in [3.05, 3.63) is 0 Å². The molecule has 2 rings (SSSR count). The van der Waals surface area contributed by atoms with E-state index in [0.29, 0.717) is 12.1 Å². The summed E-state index contributed by atoms with van der Waals surface area (Å²) in [5.74, 6) is 5.40. The van der Waals surface area contributed by atoms with Gasteiger partial charge in [-0.2, -0.15) is 0 Å². The van der Waals surface area contributed by atoms with Crippen molar-refractivity contribution in [1.82, 2.24) is 5.43 Å². The molecule has 0 radical (unpaired) electrons. The number of rotatable bonds is 1. The van der Waals surface area contributed by atoms with Crippen LogP contribution in [0.4, 0.5) is 0 Å². The van der Waals surface area contributed by atoms with Gasteiger partial charge in [-0.3, -0.25) is 5.43 Å². The van der Waals surface area contributed by atoms with Crippen LogP contribution in [0, 0.1) is 0 Å². The van der Waals surface area contributed by atoms with Crippen LogP contribution in [0.15, 0.2) is 4.99 Å². The summed E-state index contributed by atoms with van der Waals surface area (Å²) in [6, 6.07) is 0.222. The third kappa shape index (κ3) is 1.25. The minimum atomic E-state index is 0.222. The Morgan fingerprint density at radius 3 is 2.83 bits per heavy atom. The minimum absolute atomic E-state index is 0.222. The lowest BCUT2D eigenvalue weighted by atomic mass is 9.96. The van der Waals surface area contributed by atoms with E-state index in [1.807, 2.05) is 0 Å². The van der Waals surface area contributed by atoms with Gasteiger partial charge in [-0.05, 0) is 19.3 Å². The van der Waals surface area contributed by atoms with Gasteiger partial charge in [0.15, 0.2) is 0 Å². The predicted octanol–water partition coefficient (Wildman–Crippen LogP) is -0.916. The standard InChI is InChI=1S/C7H14N4O/c8-7(11-9)10-5-3-4-1-2-6(5)12-4/h4-6H,1-3,9H2,(H3,8,10,11). The van der Waals surface area contributed by atoms with Gasteiger partial charge in [-0.25, -0.2) is 10.8 Å². The van der Waals surface area contributed by atoms with E-state index in [0.717, 1.165) is 12.8 Å². The second-order valence-corrected chi connectivity index (χ2v) is 3.34. The van der Waals surface area contributed by atoms with Crippen LogP contribution in [-0.2, 0) is 4.74 Å². The molecule has 12 heavy (non-hydrogen) atoms. The largest absolute Gasteiger partial charge is 0.373 e. The zero-order chi connectivity index (χ0) is 8.55. The molecule has 0 aromatic heterocycles. The third-order valence-electron chi connectivity index (χ3n) is 2.53. The highest BCUT2D eigenvalue weighted by Crippen LogP contribution is 2.35. The number of nitrogens with one attached hydrogen (secondary N) is 1. The normalized spacial score (nSPS) is 40.4. The van der Waals surface area contributed by atoms with Crippen LogP contribution >= 0.6 is 0 Å². The van der Waals surface area contributed by atoms with Gasteiger partial charge in [-0.15, -0.1) is 0 Å². The Morgan fingerprint density at radius 2 is 2.33 bits per heavy atom. The van der Waals surface area contributed by atoms with E-state index < -0.39 is 0 Å². The van der Waals surface area contributed by atoms with Gasteiger partial charge < -0.3 is 10.5 Å². The van der Waals surface area contributed by atoms with Gasteiger partial charge in [0.05, 0.1) is 18.2 Å². The lowest BCUT2D eigenvalue weighted by Gasteiger charge is -2.14. The second kappa shape index (κ2) is 2.91. The molecule has 2 heterocycles. The highest BCUT2D eigenvalue weighted by molar-refractivity contribution is 5.77.